The second-order valence-corrected chi connectivity index (χ2v) is 12.6. The van der Waals surface area contributed by atoms with Gasteiger partial charge in [0.05, 0.1) is 22.5 Å². The molecule has 1 aromatic rings. The SMILES string of the molecule is CCN(CC)C1=CC(=NC(=O)C(C)(C)C)/C(=C2\C(=O)C(c3ccc(N(CC)CC)cc3NC(=O)C(C)(C)C)=C2O)C=C1. The summed E-state index contributed by atoms with van der Waals surface area (Å²) in [7, 11) is 0. The molecule has 2 aliphatic rings. The number of likely N-dealkylation sites (N-methyl/N-ethyl adjacent to an activating group) is 1. The van der Waals surface area contributed by atoms with Crippen molar-refractivity contribution in [1.82, 2.24) is 4.90 Å². The van der Waals surface area contributed by atoms with Crippen molar-refractivity contribution in [3.05, 3.63) is 64.6 Å². The second-order valence-electron chi connectivity index (χ2n) is 12.6. The Bertz CT molecular complexity index is 1420. The molecule has 0 saturated heterocycles. The predicted octanol–water partition coefficient (Wildman–Crippen LogP) is 6.48. The van der Waals surface area contributed by atoms with Crippen molar-refractivity contribution < 1.29 is 19.5 Å². The fourth-order valence-electron chi connectivity index (χ4n) is 4.74. The van der Waals surface area contributed by atoms with E-state index in [9.17, 15) is 19.5 Å². The van der Waals surface area contributed by atoms with E-state index < -0.39 is 10.8 Å². The minimum absolute atomic E-state index is 0.109. The van der Waals surface area contributed by atoms with E-state index >= 15 is 0 Å². The molecule has 2 amide bonds. The Morgan fingerprint density at radius 3 is 1.95 bits per heavy atom. The van der Waals surface area contributed by atoms with Crippen LogP contribution in [0.2, 0.25) is 0 Å². The van der Waals surface area contributed by atoms with E-state index in [1.807, 2.05) is 52.8 Å². The van der Waals surface area contributed by atoms with Gasteiger partial charge in [0.15, 0.2) is 0 Å². The van der Waals surface area contributed by atoms with Gasteiger partial charge in [-0.2, -0.15) is 0 Å². The lowest BCUT2D eigenvalue weighted by Gasteiger charge is -2.30. The van der Waals surface area contributed by atoms with Gasteiger partial charge in [-0.05, 0) is 64.1 Å². The Hall–Kier alpha value is -3.94. The zero-order valence-electron chi connectivity index (χ0n) is 26.8. The highest BCUT2D eigenvalue weighted by Crippen LogP contribution is 2.43. The highest BCUT2D eigenvalue weighted by Gasteiger charge is 2.40. The number of aliphatic hydroxyl groups is 1. The largest absolute Gasteiger partial charge is 0.506 e. The molecule has 8 nitrogen and oxygen atoms in total. The number of nitrogens with zero attached hydrogens (tertiary/aromatic N) is 3. The number of carbonyl (C=O) groups excluding carboxylic acids is 3. The Morgan fingerprint density at radius 1 is 0.857 bits per heavy atom. The third-order valence-electron chi connectivity index (χ3n) is 7.50. The molecule has 0 aromatic heterocycles. The number of benzene rings is 1. The van der Waals surface area contributed by atoms with E-state index in [0.717, 1.165) is 37.6 Å². The van der Waals surface area contributed by atoms with Gasteiger partial charge in [0.25, 0.3) is 5.91 Å². The number of aliphatic imine (C=N–C) groups is 1. The van der Waals surface area contributed by atoms with Gasteiger partial charge in [0.2, 0.25) is 11.7 Å². The van der Waals surface area contributed by atoms with Gasteiger partial charge >= 0.3 is 0 Å². The van der Waals surface area contributed by atoms with E-state index in [4.69, 9.17) is 0 Å². The number of amides is 2. The molecule has 0 saturated carbocycles. The normalized spacial score (nSPS) is 18.2. The average Bonchev–Trinajstić information content (AvgIpc) is 2.91. The van der Waals surface area contributed by atoms with Gasteiger partial charge in [-0.3, -0.25) is 14.4 Å². The number of nitrogens with one attached hydrogen (secondary N) is 1. The van der Waals surface area contributed by atoms with E-state index in [1.54, 1.807) is 39.0 Å². The van der Waals surface area contributed by atoms with Crippen molar-refractivity contribution in [3.63, 3.8) is 0 Å². The summed E-state index contributed by atoms with van der Waals surface area (Å²) in [4.78, 5) is 48.4. The number of rotatable bonds is 8. The molecule has 0 atom stereocenters. The van der Waals surface area contributed by atoms with Crippen LogP contribution in [0.15, 0.2) is 64.0 Å². The second kappa shape index (κ2) is 12.5. The summed E-state index contributed by atoms with van der Waals surface area (Å²) in [6.07, 6.45) is 5.42. The molecule has 3 rings (SSSR count). The summed E-state index contributed by atoms with van der Waals surface area (Å²) >= 11 is 0. The number of hydrogen-bond donors (Lipinski definition) is 2. The molecule has 0 fully saturated rings. The molecular weight excluding hydrogens is 528 g/mol. The molecular formula is C34H46N4O4. The van der Waals surface area contributed by atoms with Crippen LogP contribution in [0, 0.1) is 10.8 Å². The maximum Gasteiger partial charge on any atom is 0.251 e. The van der Waals surface area contributed by atoms with Crippen LogP contribution in [0.25, 0.3) is 5.57 Å². The van der Waals surface area contributed by atoms with Gasteiger partial charge < -0.3 is 20.2 Å². The predicted molar refractivity (Wildman–Crippen MR) is 172 cm³/mol. The van der Waals surface area contributed by atoms with Gasteiger partial charge in [0.1, 0.15) is 5.76 Å². The molecule has 8 heteroatoms. The Labute approximate surface area is 250 Å². The first-order chi connectivity index (χ1) is 19.6. The number of ketones is 1. The third kappa shape index (κ3) is 6.58. The molecule has 0 radical (unpaired) electrons. The van der Waals surface area contributed by atoms with Gasteiger partial charge in [-0.1, -0.05) is 41.5 Å². The quantitative estimate of drug-likeness (QED) is 0.345. The summed E-state index contributed by atoms with van der Waals surface area (Å²) in [5.74, 6) is -1.08. The lowest BCUT2D eigenvalue weighted by Crippen LogP contribution is -2.30. The molecule has 0 aliphatic heterocycles. The summed E-state index contributed by atoms with van der Waals surface area (Å²) < 4.78 is 0. The third-order valence-corrected chi connectivity index (χ3v) is 7.50. The topological polar surface area (TPSA) is 102 Å². The molecule has 42 heavy (non-hydrogen) atoms. The first-order valence-corrected chi connectivity index (χ1v) is 14.8. The average molecular weight is 575 g/mol. The molecule has 0 bridgehead atoms. The molecule has 226 valence electrons. The molecule has 1 aromatic carbocycles. The summed E-state index contributed by atoms with van der Waals surface area (Å²) in [6.45, 7) is 22.1. The maximum atomic E-state index is 13.8. The van der Waals surface area contributed by atoms with Crippen molar-refractivity contribution in [3.8, 4) is 0 Å². The number of anilines is 2. The lowest BCUT2D eigenvalue weighted by molar-refractivity contribution is -0.125. The highest BCUT2D eigenvalue weighted by atomic mass is 16.3. The van der Waals surface area contributed by atoms with Crippen LogP contribution in [0.3, 0.4) is 0 Å². The van der Waals surface area contributed by atoms with Gasteiger partial charge in [0, 0.05) is 59.5 Å². The first kappa shape index (κ1) is 32.6. The number of allylic oxidation sites excluding steroid dienone is 6. The standard InChI is InChI=1S/C34H46N4O4/c1-11-37(12-2)21-15-17-23(25(19-21)35-31(41)33(5,6)7)27-29(39)28(30(27)40)24-18-16-22(38(13-3)14-4)20-26(24)36-32(42)34(8,9)10/h15-20,39H,11-14H2,1-10H3,(H,35,41)/b28-24-,36-26?. The minimum atomic E-state index is -0.716. The number of aliphatic hydroxyl groups excluding tert-OH is 1. The van der Waals surface area contributed by atoms with Crippen LogP contribution in [0.5, 0.6) is 0 Å². The highest BCUT2D eigenvalue weighted by molar-refractivity contribution is 6.42. The maximum absolute atomic E-state index is 13.8. The van der Waals surface area contributed by atoms with Gasteiger partial charge in [-0.15, -0.1) is 0 Å². The zero-order chi connectivity index (χ0) is 31.6. The first-order valence-electron chi connectivity index (χ1n) is 14.8. The fourth-order valence-corrected chi connectivity index (χ4v) is 4.74. The van der Waals surface area contributed by atoms with Crippen molar-refractivity contribution in [2.75, 3.05) is 36.4 Å². The smallest absolute Gasteiger partial charge is 0.251 e. The van der Waals surface area contributed by atoms with Crippen LogP contribution in [0.1, 0.15) is 74.8 Å². The molecule has 0 spiro atoms. The molecule has 2 N–H and O–H groups in total. The van der Waals surface area contributed by atoms with E-state index in [-0.39, 0.29) is 34.5 Å². The summed E-state index contributed by atoms with van der Waals surface area (Å²) in [5, 5.41) is 14.4. The van der Waals surface area contributed by atoms with Crippen LogP contribution in [0.4, 0.5) is 11.4 Å². The van der Waals surface area contributed by atoms with Crippen molar-refractivity contribution >= 4 is 40.3 Å². The Morgan fingerprint density at radius 2 is 1.45 bits per heavy atom. The van der Waals surface area contributed by atoms with Crippen LogP contribution < -0.4 is 10.2 Å². The van der Waals surface area contributed by atoms with E-state index in [1.165, 1.54) is 0 Å². The zero-order valence-corrected chi connectivity index (χ0v) is 26.8. The van der Waals surface area contributed by atoms with Crippen molar-refractivity contribution in [2.45, 2.75) is 69.2 Å². The Balaban J connectivity index is 2.20. The number of Topliss-reactive ketones (excluding diaryl/α,β-unsaturated/α-hetero) is 1. The van der Waals surface area contributed by atoms with Gasteiger partial charge in [-0.25, -0.2) is 4.99 Å². The minimum Gasteiger partial charge on any atom is -0.506 e. The fraction of sp³-hybridized carbons (Fsp3) is 0.471. The van der Waals surface area contributed by atoms with Crippen LogP contribution in [-0.4, -0.2) is 59.5 Å². The van der Waals surface area contributed by atoms with Crippen molar-refractivity contribution in [2.24, 2.45) is 15.8 Å². The van der Waals surface area contributed by atoms with E-state index in [0.29, 0.717) is 22.5 Å². The Kier molecular flexibility index (Phi) is 9.70. The molecule has 0 heterocycles. The van der Waals surface area contributed by atoms with E-state index in [2.05, 4.69) is 34.0 Å². The number of hydrogen-bond acceptors (Lipinski definition) is 6. The monoisotopic (exact) mass is 574 g/mol. The molecule has 0 unspecified atom stereocenters. The summed E-state index contributed by atoms with van der Waals surface area (Å²) in [6, 6.07) is 5.51. The van der Waals surface area contributed by atoms with Crippen molar-refractivity contribution in [1.29, 1.82) is 0 Å². The van der Waals surface area contributed by atoms with Crippen LogP contribution >= 0.6 is 0 Å². The summed E-state index contributed by atoms with van der Waals surface area (Å²) in [5.41, 5.74) is 2.27. The number of carbonyl (C=O) groups is 3. The molecule has 2 aliphatic carbocycles. The van der Waals surface area contributed by atoms with Crippen LogP contribution in [-0.2, 0) is 14.4 Å². The lowest BCUT2D eigenvalue weighted by atomic mass is 9.78.